The summed E-state index contributed by atoms with van der Waals surface area (Å²) >= 11 is 0. The number of nitrogen functional groups attached to an aromatic ring is 1. The molecule has 1 unspecified atom stereocenters. The fraction of sp³-hybridized carbons (Fsp3) is 0.333. The normalized spacial score (nSPS) is 20.9. The lowest BCUT2D eigenvalue weighted by Gasteiger charge is -2.16. The number of nitrogens with two attached hydrogens (primary N) is 1. The Balaban J connectivity index is 2.33. The van der Waals surface area contributed by atoms with Crippen LogP contribution in [-0.2, 0) is 0 Å². The molecule has 2 N–H and O–H groups in total. The quantitative estimate of drug-likeness (QED) is 0.677. The lowest BCUT2D eigenvalue weighted by atomic mass is 9.89. The number of nitrogens with zero attached hydrogens (tertiary/aromatic N) is 3. The van der Waals surface area contributed by atoms with Crippen molar-refractivity contribution in [3.63, 3.8) is 0 Å². The molecule has 1 aromatic heterocycles. The topological polar surface area (TPSA) is 106 Å². The number of anilines is 1. The molecule has 6 nitrogen and oxygen atoms in total. The van der Waals surface area contributed by atoms with Crippen LogP contribution >= 0.6 is 0 Å². The van der Waals surface area contributed by atoms with Crippen LogP contribution in [0.3, 0.4) is 0 Å². The molecule has 1 saturated carbocycles. The van der Waals surface area contributed by atoms with Gasteiger partial charge in [-0.15, -0.1) is 0 Å². The molecule has 0 bridgehead atoms. The Labute approximate surface area is 125 Å². The van der Waals surface area contributed by atoms with E-state index in [1.807, 2.05) is 0 Å². The molecule has 0 amide bonds. The van der Waals surface area contributed by atoms with Gasteiger partial charge in [0.15, 0.2) is 0 Å². The average Bonchev–Trinajstić information content (AvgIpc) is 2.92. The maximum absolute atomic E-state index is 13.6. The Morgan fingerprint density at radius 1 is 1.45 bits per heavy atom. The number of nitriles is 1. The van der Waals surface area contributed by atoms with Crippen LogP contribution in [0, 0.1) is 21.4 Å². The standard InChI is InChI=1S/C15H13FN4O2/c16-10-3-1-8(5-10)13-9(6-17)2-4-11-14(13)15(18)12(7-19-11)20(21)22/h2,4,7-8,10H,1,3,5H2,(H2,18,19)/t8?,10-/m1/s1. The fourth-order valence-electron chi connectivity index (χ4n) is 3.18. The molecule has 1 aliphatic rings. The summed E-state index contributed by atoms with van der Waals surface area (Å²) < 4.78 is 13.6. The number of benzene rings is 1. The smallest absolute Gasteiger partial charge is 0.310 e. The number of hydrogen-bond acceptors (Lipinski definition) is 5. The van der Waals surface area contributed by atoms with Crippen molar-refractivity contribution >= 4 is 22.3 Å². The van der Waals surface area contributed by atoms with E-state index in [1.54, 1.807) is 12.1 Å². The first kappa shape index (κ1) is 14.2. The van der Waals surface area contributed by atoms with Crippen molar-refractivity contribution in [2.45, 2.75) is 31.4 Å². The minimum Gasteiger partial charge on any atom is -0.393 e. The number of nitro groups is 1. The highest BCUT2D eigenvalue weighted by molar-refractivity contribution is 5.98. The number of alkyl halides is 1. The number of pyridine rings is 1. The van der Waals surface area contributed by atoms with Gasteiger partial charge in [0.05, 0.1) is 22.1 Å². The molecule has 3 rings (SSSR count). The van der Waals surface area contributed by atoms with Gasteiger partial charge in [-0.25, -0.2) is 9.37 Å². The third kappa shape index (κ3) is 2.13. The molecular formula is C15H13FN4O2. The molecule has 1 heterocycles. The Morgan fingerprint density at radius 2 is 2.23 bits per heavy atom. The van der Waals surface area contributed by atoms with E-state index in [0.717, 1.165) is 6.20 Å². The highest BCUT2D eigenvalue weighted by Gasteiger charge is 2.30. The molecule has 2 atom stereocenters. The highest BCUT2D eigenvalue weighted by Crippen LogP contribution is 2.43. The molecule has 1 aromatic carbocycles. The molecule has 22 heavy (non-hydrogen) atoms. The van der Waals surface area contributed by atoms with Crippen LogP contribution < -0.4 is 5.73 Å². The van der Waals surface area contributed by atoms with Gasteiger partial charge in [-0.2, -0.15) is 5.26 Å². The van der Waals surface area contributed by atoms with Gasteiger partial charge in [-0.1, -0.05) is 0 Å². The summed E-state index contributed by atoms with van der Waals surface area (Å²) in [4.78, 5) is 14.5. The zero-order valence-corrected chi connectivity index (χ0v) is 11.6. The maximum atomic E-state index is 13.6. The largest absolute Gasteiger partial charge is 0.393 e. The van der Waals surface area contributed by atoms with Crippen molar-refractivity contribution in [3.05, 3.63) is 39.6 Å². The first-order valence-corrected chi connectivity index (χ1v) is 6.92. The lowest BCUT2D eigenvalue weighted by Crippen LogP contribution is -2.05. The van der Waals surface area contributed by atoms with Crippen LogP contribution in [-0.4, -0.2) is 16.1 Å². The second-order valence-corrected chi connectivity index (χ2v) is 5.45. The number of hydrogen-bond donors (Lipinski definition) is 1. The molecule has 1 fully saturated rings. The molecule has 0 aliphatic heterocycles. The first-order chi connectivity index (χ1) is 10.5. The van der Waals surface area contributed by atoms with Gasteiger partial charge in [0.25, 0.3) is 0 Å². The van der Waals surface area contributed by atoms with Crippen molar-refractivity contribution in [1.29, 1.82) is 5.26 Å². The molecule has 0 saturated heterocycles. The van der Waals surface area contributed by atoms with Crippen molar-refractivity contribution in [1.82, 2.24) is 4.98 Å². The number of fused-ring (bicyclic) bond motifs is 1. The molecule has 0 radical (unpaired) electrons. The van der Waals surface area contributed by atoms with E-state index in [0.29, 0.717) is 41.3 Å². The van der Waals surface area contributed by atoms with Crippen LogP contribution in [0.15, 0.2) is 18.3 Å². The predicted molar refractivity (Wildman–Crippen MR) is 79.0 cm³/mol. The van der Waals surface area contributed by atoms with Gasteiger partial charge >= 0.3 is 5.69 Å². The number of aromatic nitrogens is 1. The summed E-state index contributed by atoms with van der Waals surface area (Å²) in [6, 6.07) is 5.30. The maximum Gasteiger partial charge on any atom is 0.310 e. The van der Waals surface area contributed by atoms with Crippen molar-refractivity contribution in [3.8, 4) is 6.07 Å². The van der Waals surface area contributed by atoms with Gasteiger partial charge in [0, 0.05) is 5.39 Å². The van der Waals surface area contributed by atoms with Crippen LogP contribution in [0.2, 0.25) is 0 Å². The molecule has 112 valence electrons. The van der Waals surface area contributed by atoms with Crippen LogP contribution in [0.25, 0.3) is 10.9 Å². The van der Waals surface area contributed by atoms with Crippen molar-refractivity contribution in [2.75, 3.05) is 5.73 Å². The summed E-state index contributed by atoms with van der Waals surface area (Å²) in [6.45, 7) is 0. The summed E-state index contributed by atoms with van der Waals surface area (Å²) in [5, 5.41) is 20.8. The Kier molecular flexibility index (Phi) is 3.37. The van der Waals surface area contributed by atoms with E-state index in [4.69, 9.17) is 5.73 Å². The minimum atomic E-state index is -0.917. The van der Waals surface area contributed by atoms with E-state index < -0.39 is 11.1 Å². The third-order valence-corrected chi connectivity index (χ3v) is 4.19. The van der Waals surface area contributed by atoms with E-state index >= 15 is 0 Å². The summed E-state index contributed by atoms with van der Waals surface area (Å²) in [5.41, 5.74) is 7.11. The van der Waals surface area contributed by atoms with Gasteiger partial charge in [-0.05, 0) is 42.9 Å². The molecule has 7 heteroatoms. The second-order valence-electron chi connectivity index (χ2n) is 5.45. The first-order valence-electron chi connectivity index (χ1n) is 6.92. The van der Waals surface area contributed by atoms with Crippen molar-refractivity contribution in [2.24, 2.45) is 0 Å². The van der Waals surface area contributed by atoms with Crippen LogP contribution in [0.1, 0.15) is 36.3 Å². The van der Waals surface area contributed by atoms with Gasteiger partial charge in [-0.3, -0.25) is 10.1 Å². The van der Waals surface area contributed by atoms with E-state index in [1.165, 1.54) is 0 Å². The Bertz CT molecular complexity index is 815. The summed E-state index contributed by atoms with van der Waals surface area (Å²) in [6.07, 6.45) is 1.51. The Hall–Kier alpha value is -2.75. The minimum absolute atomic E-state index is 0.00981. The fourth-order valence-corrected chi connectivity index (χ4v) is 3.18. The zero-order valence-electron chi connectivity index (χ0n) is 11.6. The highest BCUT2D eigenvalue weighted by atomic mass is 19.1. The Morgan fingerprint density at radius 3 is 2.82 bits per heavy atom. The average molecular weight is 300 g/mol. The second kappa shape index (κ2) is 5.22. The SMILES string of the molecule is N#Cc1ccc2ncc([N+](=O)[O-])c(N)c2c1C1CC[C@@H](F)C1. The van der Waals surface area contributed by atoms with E-state index in [-0.39, 0.29) is 17.3 Å². The molecular weight excluding hydrogens is 287 g/mol. The van der Waals surface area contributed by atoms with Gasteiger partial charge < -0.3 is 5.73 Å². The van der Waals surface area contributed by atoms with Crippen LogP contribution in [0.4, 0.5) is 15.8 Å². The molecule has 1 aliphatic carbocycles. The monoisotopic (exact) mass is 300 g/mol. The van der Waals surface area contributed by atoms with Gasteiger partial charge in [0.1, 0.15) is 18.1 Å². The number of rotatable bonds is 2. The predicted octanol–water partition coefficient (Wildman–Crippen LogP) is 3.20. The van der Waals surface area contributed by atoms with Crippen LogP contribution in [0.5, 0.6) is 0 Å². The van der Waals surface area contributed by atoms with E-state index in [2.05, 4.69) is 11.1 Å². The zero-order chi connectivity index (χ0) is 15.9. The van der Waals surface area contributed by atoms with Crippen molar-refractivity contribution < 1.29 is 9.31 Å². The lowest BCUT2D eigenvalue weighted by molar-refractivity contribution is -0.384. The third-order valence-electron chi connectivity index (χ3n) is 4.19. The molecule has 0 spiro atoms. The number of halogens is 1. The summed E-state index contributed by atoms with van der Waals surface area (Å²) in [7, 11) is 0. The van der Waals surface area contributed by atoms with E-state index in [9.17, 15) is 19.8 Å². The molecule has 2 aromatic rings. The van der Waals surface area contributed by atoms with Gasteiger partial charge in [0.2, 0.25) is 0 Å². The summed E-state index contributed by atoms with van der Waals surface area (Å²) in [5.74, 6) is -0.167.